The number of likely N-dealkylation sites (tertiary alicyclic amines) is 1. The molecule has 1 saturated carbocycles. The van der Waals surface area contributed by atoms with Crippen LogP contribution in [0, 0.1) is 11.8 Å². The summed E-state index contributed by atoms with van der Waals surface area (Å²) in [7, 11) is 0. The molecule has 5 rings (SSSR count). The lowest BCUT2D eigenvalue weighted by atomic mass is 9.69. The van der Waals surface area contributed by atoms with Gasteiger partial charge in [0.05, 0.1) is 0 Å². The zero-order valence-electron chi connectivity index (χ0n) is 14.2. The normalized spacial score (nSPS) is 34.2. The highest BCUT2D eigenvalue weighted by molar-refractivity contribution is 5.92. The smallest absolute Gasteiger partial charge is 0.224 e. The van der Waals surface area contributed by atoms with Crippen LogP contribution in [0.3, 0.4) is 0 Å². The van der Waals surface area contributed by atoms with Gasteiger partial charge in [0.25, 0.3) is 0 Å². The van der Waals surface area contributed by atoms with Gasteiger partial charge in [0.15, 0.2) is 0 Å². The lowest BCUT2D eigenvalue weighted by molar-refractivity contribution is -0.116. The van der Waals surface area contributed by atoms with Crippen LogP contribution in [0.5, 0.6) is 0 Å². The Hall–Kier alpha value is -1.61. The molecule has 2 bridgehead atoms. The number of rotatable bonds is 1. The summed E-state index contributed by atoms with van der Waals surface area (Å²) in [5, 5.41) is 3.12. The fourth-order valence-electron chi connectivity index (χ4n) is 5.73. The number of carbonyl (C=O) groups excluding carboxylic acids is 1. The number of hydrogen-bond acceptors (Lipinski definition) is 2. The van der Waals surface area contributed by atoms with Gasteiger partial charge in [-0.25, -0.2) is 0 Å². The Morgan fingerprint density at radius 1 is 1.04 bits per heavy atom. The van der Waals surface area contributed by atoms with Crippen LogP contribution >= 0.6 is 0 Å². The minimum Gasteiger partial charge on any atom is -0.326 e. The molecule has 3 unspecified atom stereocenters. The Bertz CT molecular complexity index is 687. The van der Waals surface area contributed by atoms with Crippen LogP contribution in [-0.2, 0) is 10.2 Å². The fourth-order valence-corrected chi connectivity index (χ4v) is 5.73. The summed E-state index contributed by atoms with van der Waals surface area (Å²) >= 11 is 0. The summed E-state index contributed by atoms with van der Waals surface area (Å²) in [6, 6.07) is 9.27. The first kappa shape index (κ1) is 14.7. The molecule has 3 atom stereocenters. The minimum atomic E-state index is 0.181. The maximum Gasteiger partial charge on any atom is 0.224 e. The molecule has 1 N–H and O–H groups in total. The Morgan fingerprint density at radius 2 is 1.88 bits per heavy atom. The molecule has 0 aromatic heterocycles. The second kappa shape index (κ2) is 5.45. The van der Waals surface area contributed by atoms with E-state index in [9.17, 15) is 4.79 Å². The van der Waals surface area contributed by atoms with Crippen LogP contribution in [0.2, 0.25) is 0 Å². The van der Waals surface area contributed by atoms with Gasteiger partial charge in [-0.05, 0) is 68.7 Å². The molecule has 1 aromatic carbocycles. The molecule has 1 spiro atoms. The second-order valence-electron chi connectivity index (χ2n) is 8.26. The van der Waals surface area contributed by atoms with Gasteiger partial charge in [-0.2, -0.15) is 0 Å². The quantitative estimate of drug-likeness (QED) is 0.799. The molecule has 0 radical (unpaired) electrons. The van der Waals surface area contributed by atoms with E-state index in [0.29, 0.717) is 6.42 Å². The Kier molecular flexibility index (Phi) is 3.34. The van der Waals surface area contributed by atoms with E-state index >= 15 is 0 Å². The number of nitrogens with one attached hydrogen (secondary N) is 1. The van der Waals surface area contributed by atoms with Crippen molar-refractivity contribution in [3.05, 3.63) is 42.0 Å². The molecule has 24 heavy (non-hydrogen) atoms. The molecule has 2 aliphatic carbocycles. The van der Waals surface area contributed by atoms with Crippen molar-refractivity contribution in [3.63, 3.8) is 0 Å². The topological polar surface area (TPSA) is 32.3 Å². The second-order valence-corrected chi connectivity index (χ2v) is 8.26. The van der Waals surface area contributed by atoms with E-state index in [1.165, 1.54) is 44.3 Å². The summed E-state index contributed by atoms with van der Waals surface area (Å²) in [6.45, 7) is 2.37. The van der Waals surface area contributed by atoms with E-state index in [-0.39, 0.29) is 11.3 Å². The van der Waals surface area contributed by atoms with E-state index in [4.69, 9.17) is 0 Å². The predicted octanol–water partition coefficient (Wildman–Crippen LogP) is 3.72. The number of amides is 1. The van der Waals surface area contributed by atoms with E-state index in [1.54, 1.807) is 0 Å². The van der Waals surface area contributed by atoms with Gasteiger partial charge >= 0.3 is 0 Å². The molecule has 3 nitrogen and oxygen atoms in total. The fraction of sp³-hybridized carbons (Fsp3) is 0.571. The molecule has 2 heterocycles. The summed E-state index contributed by atoms with van der Waals surface area (Å²) in [5.41, 5.74) is 2.62. The number of carbonyl (C=O) groups is 1. The van der Waals surface area contributed by atoms with Crippen LogP contribution in [-0.4, -0.2) is 29.9 Å². The van der Waals surface area contributed by atoms with Crippen molar-refractivity contribution < 1.29 is 4.79 Å². The van der Waals surface area contributed by atoms with Crippen molar-refractivity contribution in [2.75, 3.05) is 18.4 Å². The maximum absolute atomic E-state index is 12.1. The molecular weight excluding hydrogens is 296 g/mol. The summed E-state index contributed by atoms with van der Waals surface area (Å²) in [4.78, 5) is 14.9. The van der Waals surface area contributed by atoms with Crippen molar-refractivity contribution in [2.45, 2.75) is 50.0 Å². The average molecular weight is 322 g/mol. The van der Waals surface area contributed by atoms with Crippen molar-refractivity contribution in [2.24, 2.45) is 11.8 Å². The highest BCUT2D eigenvalue weighted by Gasteiger charge is 2.44. The maximum atomic E-state index is 12.1. The molecule has 126 valence electrons. The number of piperidine rings is 1. The third-order valence-corrected chi connectivity index (χ3v) is 7.07. The Morgan fingerprint density at radius 3 is 2.62 bits per heavy atom. The van der Waals surface area contributed by atoms with E-state index < -0.39 is 0 Å². The molecule has 2 fully saturated rings. The van der Waals surface area contributed by atoms with Crippen molar-refractivity contribution in [3.8, 4) is 0 Å². The zero-order chi connectivity index (χ0) is 16.1. The van der Waals surface area contributed by atoms with Crippen molar-refractivity contribution in [1.29, 1.82) is 0 Å². The van der Waals surface area contributed by atoms with Gasteiger partial charge in [0.2, 0.25) is 5.91 Å². The van der Waals surface area contributed by atoms with Crippen molar-refractivity contribution in [1.82, 2.24) is 4.90 Å². The monoisotopic (exact) mass is 322 g/mol. The first-order valence-corrected chi connectivity index (χ1v) is 9.55. The number of fused-ring (bicyclic) bond motifs is 4. The van der Waals surface area contributed by atoms with E-state index in [2.05, 4.69) is 40.6 Å². The van der Waals surface area contributed by atoms with Crippen LogP contribution in [0.15, 0.2) is 36.4 Å². The van der Waals surface area contributed by atoms with E-state index in [0.717, 1.165) is 30.0 Å². The lowest BCUT2D eigenvalue weighted by Crippen LogP contribution is -2.48. The molecule has 4 aliphatic rings. The number of hydrogen-bond donors (Lipinski definition) is 1. The third kappa shape index (κ3) is 2.25. The molecule has 1 saturated heterocycles. The predicted molar refractivity (Wildman–Crippen MR) is 95.9 cm³/mol. The number of anilines is 1. The number of para-hydroxylation sites is 1. The first-order valence-electron chi connectivity index (χ1n) is 9.55. The standard InChI is InChI=1S/C21H26N2O/c24-20-7-8-21(17-3-1-2-4-18(17)22-20)9-11-23(12-10-21)19-14-15-5-6-16(19)13-15/h1-6,15-16,19H,7-14H2,(H,22,24). The molecule has 3 heteroatoms. The number of nitrogens with zero attached hydrogens (tertiary/aromatic N) is 1. The number of allylic oxidation sites excluding steroid dienone is 1. The molecular formula is C21H26N2O. The van der Waals surface area contributed by atoms with Gasteiger partial charge < -0.3 is 5.32 Å². The summed E-state index contributed by atoms with van der Waals surface area (Å²) < 4.78 is 0. The van der Waals surface area contributed by atoms with E-state index in [1.807, 2.05) is 6.07 Å². The highest BCUT2D eigenvalue weighted by atomic mass is 16.1. The highest BCUT2D eigenvalue weighted by Crippen LogP contribution is 2.47. The van der Waals surface area contributed by atoms with Gasteiger partial charge in [0.1, 0.15) is 0 Å². The molecule has 1 aromatic rings. The minimum absolute atomic E-state index is 0.181. The van der Waals surface area contributed by atoms with Crippen LogP contribution in [0.25, 0.3) is 0 Å². The Balaban J connectivity index is 1.38. The van der Waals surface area contributed by atoms with Gasteiger partial charge in [0, 0.05) is 23.6 Å². The lowest BCUT2D eigenvalue weighted by Gasteiger charge is -2.45. The van der Waals surface area contributed by atoms with Crippen LogP contribution in [0.1, 0.15) is 44.1 Å². The Labute approximate surface area is 144 Å². The van der Waals surface area contributed by atoms with Gasteiger partial charge in [-0.3, -0.25) is 9.69 Å². The van der Waals surface area contributed by atoms with Gasteiger partial charge in [-0.1, -0.05) is 30.4 Å². The largest absolute Gasteiger partial charge is 0.326 e. The summed E-state index contributed by atoms with van der Waals surface area (Å²) in [6.07, 6.45) is 11.7. The average Bonchev–Trinajstić information content (AvgIpc) is 3.21. The van der Waals surface area contributed by atoms with Gasteiger partial charge in [-0.15, -0.1) is 0 Å². The van der Waals surface area contributed by atoms with Crippen LogP contribution < -0.4 is 5.32 Å². The van der Waals surface area contributed by atoms with Crippen molar-refractivity contribution >= 4 is 11.6 Å². The molecule has 2 aliphatic heterocycles. The SMILES string of the molecule is O=C1CCC2(CCN(C3CC4C=CC3C4)CC2)c2ccccc2N1. The molecule has 1 amide bonds. The zero-order valence-corrected chi connectivity index (χ0v) is 14.2. The number of benzene rings is 1. The third-order valence-electron chi connectivity index (χ3n) is 7.07. The van der Waals surface area contributed by atoms with Crippen LogP contribution in [0.4, 0.5) is 5.69 Å². The summed E-state index contributed by atoms with van der Waals surface area (Å²) in [5.74, 6) is 1.82. The first-order chi connectivity index (χ1) is 11.7.